The fraction of sp³-hybridized carbons (Fsp3) is 0.316. The van der Waals surface area contributed by atoms with E-state index in [9.17, 15) is 9.18 Å². The molecule has 1 N–H and O–H groups in total. The maximum atomic E-state index is 13.8. The lowest BCUT2D eigenvalue weighted by atomic mass is 10.1. The second-order valence-electron chi connectivity index (χ2n) is 6.05. The number of carbonyl (C=O) groups is 1. The maximum Gasteiger partial charge on any atom is 0.241 e. The number of carbonyl (C=O) groups excluding carboxylic acids is 1. The number of anilines is 1. The second kappa shape index (κ2) is 7.95. The third-order valence-electron chi connectivity index (χ3n) is 4.38. The zero-order valence-electron chi connectivity index (χ0n) is 13.9. The van der Waals surface area contributed by atoms with Crippen molar-refractivity contribution in [2.45, 2.75) is 19.1 Å². The third-order valence-corrected chi connectivity index (χ3v) is 4.62. The average molecular weight is 363 g/mol. The number of morpholine rings is 1. The highest BCUT2D eigenvalue weighted by atomic mass is 35.5. The van der Waals surface area contributed by atoms with Crippen LogP contribution in [0.1, 0.15) is 18.6 Å². The molecular formula is C19H20ClFN2O2. The molecule has 6 heteroatoms. The summed E-state index contributed by atoms with van der Waals surface area (Å²) in [6.07, 6.45) is -0.0758. The molecule has 2 atom stereocenters. The summed E-state index contributed by atoms with van der Waals surface area (Å²) in [5.41, 5.74) is 1.18. The van der Waals surface area contributed by atoms with Gasteiger partial charge in [0.15, 0.2) is 0 Å². The number of nitrogens with zero attached hydrogens (tertiary/aromatic N) is 1. The van der Waals surface area contributed by atoms with Gasteiger partial charge in [-0.1, -0.05) is 41.9 Å². The first kappa shape index (κ1) is 17.9. The first-order valence-corrected chi connectivity index (χ1v) is 8.59. The molecule has 2 aromatic carbocycles. The molecule has 3 rings (SSSR count). The number of amides is 1. The Balaban J connectivity index is 1.66. The minimum atomic E-state index is -0.505. The average Bonchev–Trinajstić information content (AvgIpc) is 2.65. The van der Waals surface area contributed by atoms with Crippen molar-refractivity contribution in [1.82, 2.24) is 4.90 Å². The highest BCUT2D eigenvalue weighted by Crippen LogP contribution is 2.24. The van der Waals surface area contributed by atoms with Gasteiger partial charge in [-0.25, -0.2) is 4.39 Å². The predicted molar refractivity (Wildman–Crippen MR) is 96.2 cm³/mol. The third kappa shape index (κ3) is 4.37. The van der Waals surface area contributed by atoms with Gasteiger partial charge in [-0.05, 0) is 30.7 Å². The smallest absolute Gasteiger partial charge is 0.241 e. The Morgan fingerprint density at radius 1 is 1.32 bits per heavy atom. The summed E-state index contributed by atoms with van der Waals surface area (Å²) in [6.45, 7) is 3.61. The highest BCUT2D eigenvalue weighted by molar-refractivity contribution is 6.30. The van der Waals surface area contributed by atoms with Crippen molar-refractivity contribution in [3.8, 4) is 0 Å². The number of nitrogens with one attached hydrogen (secondary N) is 1. The van der Waals surface area contributed by atoms with Crippen LogP contribution in [0.2, 0.25) is 5.02 Å². The molecular weight excluding hydrogens is 343 g/mol. The summed E-state index contributed by atoms with van der Waals surface area (Å²) in [7, 11) is 0. The van der Waals surface area contributed by atoms with Gasteiger partial charge in [0, 0.05) is 18.1 Å². The van der Waals surface area contributed by atoms with Crippen LogP contribution in [0.4, 0.5) is 10.1 Å². The fourth-order valence-corrected chi connectivity index (χ4v) is 3.06. The van der Waals surface area contributed by atoms with Gasteiger partial charge >= 0.3 is 0 Å². The van der Waals surface area contributed by atoms with Crippen molar-refractivity contribution in [1.29, 1.82) is 0 Å². The van der Waals surface area contributed by atoms with Crippen LogP contribution in [0.3, 0.4) is 0 Å². The van der Waals surface area contributed by atoms with Crippen molar-refractivity contribution >= 4 is 23.2 Å². The molecule has 0 saturated carbocycles. The summed E-state index contributed by atoms with van der Waals surface area (Å²) in [5.74, 6) is -0.774. The lowest BCUT2D eigenvalue weighted by Gasteiger charge is -2.36. The standard InChI is InChI=1S/C19H20ClFN2O2/c1-13(19(24)22-17-11-15(20)7-8-16(17)21)23-9-10-25-18(12-23)14-5-3-2-4-6-14/h2-8,11,13,18H,9-10,12H2,1H3,(H,22,24). The predicted octanol–water partition coefficient (Wildman–Crippen LogP) is 3.88. The minimum Gasteiger partial charge on any atom is -0.371 e. The van der Waals surface area contributed by atoms with Crippen LogP contribution in [0.15, 0.2) is 48.5 Å². The molecule has 1 amide bonds. The summed E-state index contributed by atoms with van der Waals surface area (Å²) >= 11 is 5.87. The topological polar surface area (TPSA) is 41.6 Å². The van der Waals surface area contributed by atoms with E-state index >= 15 is 0 Å². The lowest BCUT2D eigenvalue weighted by molar-refractivity contribution is -0.124. The largest absolute Gasteiger partial charge is 0.371 e. The van der Waals surface area contributed by atoms with E-state index in [1.54, 1.807) is 0 Å². The normalized spacial score (nSPS) is 19.4. The van der Waals surface area contributed by atoms with Crippen LogP contribution in [-0.2, 0) is 9.53 Å². The second-order valence-corrected chi connectivity index (χ2v) is 6.49. The van der Waals surface area contributed by atoms with Crippen molar-refractivity contribution in [3.05, 3.63) is 64.9 Å². The van der Waals surface area contributed by atoms with Crippen LogP contribution in [-0.4, -0.2) is 36.5 Å². The maximum absolute atomic E-state index is 13.8. The first-order valence-electron chi connectivity index (χ1n) is 8.21. The van der Waals surface area contributed by atoms with Crippen LogP contribution >= 0.6 is 11.6 Å². The van der Waals surface area contributed by atoms with Gasteiger partial charge in [0.05, 0.1) is 24.4 Å². The highest BCUT2D eigenvalue weighted by Gasteiger charge is 2.29. The Morgan fingerprint density at radius 2 is 2.08 bits per heavy atom. The fourth-order valence-electron chi connectivity index (χ4n) is 2.89. The van der Waals surface area contributed by atoms with Gasteiger partial charge in [-0.15, -0.1) is 0 Å². The number of benzene rings is 2. The summed E-state index contributed by atoms with van der Waals surface area (Å²) < 4.78 is 19.6. The Morgan fingerprint density at radius 3 is 2.84 bits per heavy atom. The van der Waals surface area contributed by atoms with Gasteiger partial charge in [0.1, 0.15) is 5.82 Å². The Bertz CT molecular complexity index is 741. The van der Waals surface area contributed by atoms with E-state index in [2.05, 4.69) is 5.32 Å². The first-order chi connectivity index (χ1) is 12.0. The quantitative estimate of drug-likeness (QED) is 0.897. The molecule has 1 fully saturated rings. The van der Waals surface area contributed by atoms with Gasteiger partial charge in [-0.3, -0.25) is 9.69 Å². The molecule has 2 aromatic rings. The minimum absolute atomic E-state index is 0.0758. The molecule has 25 heavy (non-hydrogen) atoms. The van der Waals surface area contributed by atoms with E-state index in [0.29, 0.717) is 24.7 Å². The Labute approximate surface area is 151 Å². The summed E-state index contributed by atoms with van der Waals surface area (Å²) in [4.78, 5) is 14.6. The number of rotatable bonds is 4. The number of halogens is 2. The van der Waals surface area contributed by atoms with Gasteiger partial charge in [-0.2, -0.15) is 0 Å². The molecule has 0 bridgehead atoms. The zero-order chi connectivity index (χ0) is 17.8. The molecule has 1 heterocycles. The van der Waals surface area contributed by atoms with Crippen molar-refractivity contribution in [2.75, 3.05) is 25.0 Å². The molecule has 0 radical (unpaired) electrons. The zero-order valence-corrected chi connectivity index (χ0v) is 14.7. The molecule has 0 aliphatic carbocycles. The van der Waals surface area contributed by atoms with Crippen molar-refractivity contribution in [3.63, 3.8) is 0 Å². The van der Waals surface area contributed by atoms with Crippen LogP contribution < -0.4 is 5.32 Å². The molecule has 4 nitrogen and oxygen atoms in total. The molecule has 2 unspecified atom stereocenters. The van der Waals surface area contributed by atoms with Crippen molar-refractivity contribution < 1.29 is 13.9 Å². The van der Waals surface area contributed by atoms with E-state index < -0.39 is 11.9 Å². The van der Waals surface area contributed by atoms with Crippen molar-refractivity contribution in [2.24, 2.45) is 0 Å². The van der Waals surface area contributed by atoms with E-state index in [0.717, 1.165) is 5.56 Å². The molecule has 1 saturated heterocycles. The molecule has 132 valence electrons. The Hall–Kier alpha value is -1.95. The Kier molecular flexibility index (Phi) is 5.68. The lowest BCUT2D eigenvalue weighted by Crippen LogP contribution is -2.48. The van der Waals surface area contributed by atoms with Crippen LogP contribution in [0, 0.1) is 5.82 Å². The number of hydrogen-bond donors (Lipinski definition) is 1. The number of hydrogen-bond acceptors (Lipinski definition) is 3. The molecule has 1 aliphatic rings. The van der Waals surface area contributed by atoms with Gasteiger partial charge in [0.2, 0.25) is 5.91 Å². The number of ether oxygens (including phenoxy) is 1. The van der Waals surface area contributed by atoms with Crippen LogP contribution in [0.5, 0.6) is 0 Å². The SMILES string of the molecule is CC(C(=O)Nc1cc(Cl)ccc1F)N1CCOC(c2ccccc2)C1. The van der Waals surface area contributed by atoms with Crippen LogP contribution in [0.25, 0.3) is 0 Å². The van der Waals surface area contributed by atoms with E-state index in [-0.39, 0.29) is 17.7 Å². The van der Waals surface area contributed by atoms with Gasteiger partial charge < -0.3 is 10.1 Å². The van der Waals surface area contributed by atoms with Gasteiger partial charge in [0.25, 0.3) is 0 Å². The molecule has 0 spiro atoms. The molecule has 1 aliphatic heterocycles. The summed E-state index contributed by atoms with van der Waals surface area (Å²) in [5, 5.41) is 3.00. The molecule has 0 aromatic heterocycles. The van der Waals surface area contributed by atoms with E-state index in [1.807, 2.05) is 42.2 Å². The summed E-state index contributed by atoms with van der Waals surface area (Å²) in [6, 6.07) is 13.6. The van der Waals surface area contributed by atoms with E-state index in [4.69, 9.17) is 16.3 Å². The van der Waals surface area contributed by atoms with E-state index in [1.165, 1.54) is 18.2 Å². The monoisotopic (exact) mass is 362 g/mol.